The second kappa shape index (κ2) is 6.17. The van der Waals surface area contributed by atoms with Crippen LogP contribution in [0.1, 0.15) is 11.4 Å². The van der Waals surface area contributed by atoms with Gasteiger partial charge in [-0.05, 0) is 19.9 Å². The van der Waals surface area contributed by atoms with E-state index in [2.05, 4.69) is 24.8 Å². The molecule has 0 unspecified atom stereocenters. The summed E-state index contributed by atoms with van der Waals surface area (Å²) in [6.45, 7) is 7.64. The van der Waals surface area contributed by atoms with E-state index in [0.29, 0.717) is 0 Å². The number of rotatable bonds is 3. The Kier molecular flexibility index (Phi) is 4.09. The lowest BCUT2D eigenvalue weighted by molar-refractivity contribution is 0.414. The van der Waals surface area contributed by atoms with Gasteiger partial charge in [0.25, 0.3) is 0 Å². The van der Waals surface area contributed by atoms with Gasteiger partial charge in [-0.15, -0.1) is 0 Å². The fraction of sp³-hybridized carbons (Fsp3) is 0.438. The molecule has 116 valence electrons. The minimum atomic E-state index is 0.841. The van der Waals surface area contributed by atoms with Crippen molar-refractivity contribution in [1.29, 1.82) is 0 Å². The molecule has 0 aromatic carbocycles. The minimum Gasteiger partial charge on any atom is -0.497 e. The van der Waals surface area contributed by atoms with Crippen LogP contribution in [0.2, 0.25) is 0 Å². The van der Waals surface area contributed by atoms with E-state index in [9.17, 15) is 0 Å². The van der Waals surface area contributed by atoms with Crippen LogP contribution in [0.25, 0.3) is 0 Å². The van der Waals surface area contributed by atoms with Crippen LogP contribution in [-0.4, -0.2) is 48.2 Å². The lowest BCUT2D eigenvalue weighted by Gasteiger charge is -2.36. The summed E-state index contributed by atoms with van der Waals surface area (Å²) in [5.74, 6) is 2.80. The van der Waals surface area contributed by atoms with Gasteiger partial charge in [-0.3, -0.25) is 4.98 Å². The Balaban J connectivity index is 1.71. The van der Waals surface area contributed by atoms with Crippen LogP contribution in [0.4, 0.5) is 11.6 Å². The fourth-order valence-corrected chi connectivity index (χ4v) is 2.67. The molecular weight excluding hydrogens is 278 g/mol. The lowest BCUT2D eigenvalue weighted by atomic mass is 10.2. The zero-order valence-corrected chi connectivity index (χ0v) is 13.3. The average molecular weight is 299 g/mol. The van der Waals surface area contributed by atoms with Gasteiger partial charge in [0.15, 0.2) is 0 Å². The Hall–Kier alpha value is -2.37. The first kappa shape index (κ1) is 14.6. The predicted octanol–water partition coefficient (Wildman–Crippen LogP) is 1.82. The van der Waals surface area contributed by atoms with Gasteiger partial charge in [0.2, 0.25) is 0 Å². The van der Waals surface area contributed by atoms with Gasteiger partial charge < -0.3 is 14.5 Å². The standard InChI is InChI=1S/C16H21N5O/c1-12-11-18-13(2)16(19-12)21-8-6-20(7-9-21)15-10-14(22-3)4-5-17-15/h4-5,10-11H,6-9H2,1-3H3. The van der Waals surface area contributed by atoms with Crippen molar-refractivity contribution in [2.75, 3.05) is 43.1 Å². The smallest absolute Gasteiger partial charge is 0.150 e. The normalized spacial score (nSPS) is 15.0. The number of pyridine rings is 1. The van der Waals surface area contributed by atoms with Crippen molar-refractivity contribution in [3.05, 3.63) is 35.9 Å². The summed E-state index contributed by atoms with van der Waals surface area (Å²) in [4.78, 5) is 18.1. The molecule has 0 aliphatic carbocycles. The maximum Gasteiger partial charge on any atom is 0.150 e. The summed E-state index contributed by atoms with van der Waals surface area (Å²) < 4.78 is 5.27. The van der Waals surface area contributed by atoms with Crippen LogP contribution < -0.4 is 14.5 Å². The molecule has 2 aromatic rings. The number of piperazine rings is 1. The number of nitrogens with zero attached hydrogens (tertiary/aromatic N) is 5. The van der Waals surface area contributed by atoms with Crippen LogP contribution in [0, 0.1) is 13.8 Å². The topological polar surface area (TPSA) is 54.4 Å². The van der Waals surface area contributed by atoms with E-state index in [-0.39, 0.29) is 0 Å². The zero-order valence-electron chi connectivity index (χ0n) is 13.3. The number of methoxy groups -OCH3 is 1. The molecule has 0 saturated carbocycles. The second-order valence-electron chi connectivity index (χ2n) is 5.45. The second-order valence-corrected chi connectivity index (χ2v) is 5.45. The number of aryl methyl sites for hydroxylation is 2. The number of anilines is 2. The first-order valence-electron chi connectivity index (χ1n) is 7.47. The molecule has 0 N–H and O–H groups in total. The minimum absolute atomic E-state index is 0.841. The van der Waals surface area contributed by atoms with E-state index < -0.39 is 0 Å². The van der Waals surface area contributed by atoms with E-state index in [1.54, 1.807) is 13.3 Å². The molecule has 0 bridgehead atoms. The fourth-order valence-electron chi connectivity index (χ4n) is 2.67. The highest BCUT2D eigenvalue weighted by molar-refractivity contribution is 5.48. The Morgan fingerprint density at radius 1 is 1.05 bits per heavy atom. The molecule has 1 aliphatic rings. The van der Waals surface area contributed by atoms with Crippen LogP contribution in [0.15, 0.2) is 24.5 Å². The molecule has 0 radical (unpaired) electrons. The summed E-state index contributed by atoms with van der Waals surface area (Å²) in [6, 6.07) is 3.85. The Labute approximate surface area is 130 Å². The van der Waals surface area contributed by atoms with E-state index in [4.69, 9.17) is 4.74 Å². The third kappa shape index (κ3) is 2.95. The molecule has 2 aromatic heterocycles. The Bertz CT molecular complexity index is 653. The quantitative estimate of drug-likeness (QED) is 0.862. The zero-order chi connectivity index (χ0) is 15.5. The van der Waals surface area contributed by atoms with Gasteiger partial charge in [0, 0.05) is 44.6 Å². The van der Waals surface area contributed by atoms with Crippen molar-refractivity contribution in [2.45, 2.75) is 13.8 Å². The van der Waals surface area contributed by atoms with Crippen LogP contribution in [0.3, 0.4) is 0 Å². The lowest BCUT2D eigenvalue weighted by Crippen LogP contribution is -2.47. The summed E-state index contributed by atoms with van der Waals surface area (Å²) in [6.07, 6.45) is 3.60. The monoisotopic (exact) mass is 299 g/mol. The molecular formula is C16H21N5O. The van der Waals surface area contributed by atoms with Gasteiger partial charge in [-0.1, -0.05) is 0 Å². The van der Waals surface area contributed by atoms with Crippen molar-refractivity contribution >= 4 is 11.6 Å². The van der Waals surface area contributed by atoms with Crippen LogP contribution >= 0.6 is 0 Å². The molecule has 6 heteroatoms. The van der Waals surface area contributed by atoms with Crippen molar-refractivity contribution in [3.63, 3.8) is 0 Å². The number of hydrogen-bond donors (Lipinski definition) is 0. The summed E-state index contributed by atoms with van der Waals surface area (Å²) in [5, 5.41) is 0. The van der Waals surface area contributed by atoms with Gasteiger partial charge in [-0.25, -0.2) is 9.97 Å². The molecule has 0 amide bonds. The number of aromatic nitrogens is 3. The van der Waals surface area contributed by atoms with Gasteiger partial charge in [-0.2, -0.15) is 0 Å². The summed E-state index contributed by atoms with van der Waals surface area (Å²) >= 11 is 0. The average Bonchev–Trinajstić information content (AvgIpc) is 2.57. The summed E-state index contributed by atoms with van der Waals surface area (Å²) in [5.41, 5.74) is 1.94. The highest BCUT2D eigenvalue weighted by Gasteiger charge is 2.21. The first-order chi connectivity index (χ1) is 10.7. The van der Waals surface area contributed by atoms with Gasteiger partial charge in [0.05, 0.1) is 18.5 Å². The molecule has 6 nitrogen and oxygen atoms in total. The van der Waals surface area contributed by atoms with Crippen molar-refractivity contribution in [3.8, 4) is 5.75 Å². The highest BCUT2D eigenvalue weighted by Crippen LogP contribution is 2.22. The molecule has 1 saturated heterocycles. The van der Waals surface area contributed by atoms with Crippen LogP contribution in [0.5, 0.6) is 5.75 Å². The SMILES string of the molecule is COc1ccnc(N2CCN(c3nc(C)cnc3C)CC2)c1. The highest BCUT2D eigenvalue weighted by atomic mass is 16.5. The number of hydrogen-bond acceptors (Lipinski definition) is 6. The molecule has 3 rings (SSSR count). The Morgan fingerprint density at radius 2 is 1.77 bits per heavy atom. The maximum absolute atomic E-state index is 5.27. The van der Waals surface area contributed by atoms with E-state index in [1.165, 1.54) is 0 Å². The van der Waals surface area contributed by atoms with Gasteiger partial charge >= 0.3 is 0 Å². The molecule has 0 atom stereocenters. The molecule has 0 spiro atoms. The molecule has 3 heterocycles. The third-order valence-electron chi connectivity index (χ3n) is 3.91. The van der Waals surface area contributed by atoms with E-state index in [0.717, 1.165) is 55.0 Å². The maximum atomic E-state index is 5.27. The first-order valence-corrected chi connectivity index (χ1v) is 7.47. The third-order valence-corrected chi connectivity index (χ3v) is 3.91. The van der Waals surface area contributed by atoms with Crippen molar-refractivity contribution < 1.29 is 4.74 Å². The molecule has 1 fully saturated rings. The van der Waals surface area contributed by atoms with Crippen LogP contribution in [-0.2, 0) is 0 Å². The van der Waals surface area contributed by atoms with Gasteiger partial charge in [0.1, 0.15) is 17.4 Å². The molecule has 1 aliphatic heterocycles. The predicted molar refractivity (Wildman–Crippen MR) is 86.7 cm³/mol. The van der Waals surface area contributed by atoms with E-state index in [1.807, 2.05) is 32.2 Å². The molecule has 22 heavy (non-hydrogen) atoms. The largest absolute Gasteiger partial charge is 0.497 e. The summed E-state index contributed by atoms with van der Waals surface area (Å²) in [7, 11) is 1.68. The Morgan fingerprint density at radius 3 is 2.50 bits per heavy atom. The number of ether oxygens (including phenoxy) is 1. The van der Waals surface area contributed by atoms with Crippen molar-refractivity contribution in [2.24, 2.45) is 0 Å². The van der Waals surface area contributed by atoms with E-state index >= 15 is 0 Å². The van der Waals surface area contributed by atoms with Crippen molar-refractivity contribution in [1.82, 2.24) is 15.0 Å².